The van der Waals surface area contributed by atoms with E-state index < -0.39 is 0 Å². The van der Waals surface area contributed by atoms with Crippen molar-refractivity contribution in [2.75, 3.05) is 0 Å². The van der Waals surface area contributed by atoms with Crippen LogP contribution in [0.2, 0.25) is 0 Å². The SMILES string of the molecule is c1ccc(-c2nc(-c3ccccc3)nc(-c3cccc4oc5ccc(-c6ccc7c8c(cccc68)-c6ccccc6-7)cc5c34)n2)cc1. The zero-order valence-electron chi connectivity index (χ0n) is 25.2. The minimum atomic E-state index is 0.611. The van der Waals surface area contributed by atoms with Gasteiger partial charge in [0.05, 0.1) is 0 Å². The molecule has 1 aliphatic rings. The lowest BCUT2D eigenvalue weighted by molar-refractivity contribution is 0.669. The van der Waals surface area contributed by atoms with Gasteiger partial charge in [0, 0.05) is 27.5 Å². The molecule has 0 saturated heterocycles. The topological polar surface area (TPSA) is 51.8 Å². The van der Waals surface area contributed by atoms with Gasteiger partial charge in [-0.2, -0.15) is 0 Å². The van der Waals surface area contributed by atoms with Crippen LogP contribution >= 0.6 is 0 Å². The van der Waals surface area contributed by atoms with Gasteiger partial charge in [-0.1, -0.05) is 133 Å². The largest absolute Gasteiger partial charge is 0.456 e. The molecule has 4 nitrogen and oxygen atoms in total. The maximum Gasteiger partial charge on any atom is 0.164 e. The summed E-state index contributed by atoms with van der Waals surface area (Å²) >= 11 is 0. The fourth-order valence-corrected chi connectivity index (χ4v) is 7.17. The van der Waals surface area contributed by atoms with Crippen LogP contribution in [0.3, 0.4) is 0 Å². The van der Waals surface area contributed by atoms with Gasteiger partial charge in [-0.3, -0.25) is 0 Å². The summed E-state index contributed by atoms with van der Waals surface area (Å²) in [5.41, 5.74) is 11.9. The third-order valence-electron chi connectivity index (χ3n) is 9.29. The standard InChI is InChI=1S/C43H25N3O/c1-3-11-26(12-4-1)41-44-42(27-13-5-2-6-14-27)46-43(45-41)35-19-10-20-38-40(35)36-25-28(21-24-37(36)47-38)29-22-23-34-31-16-8-7-15-30(31)33-18-9-17-32(29)39(33)34/h1-25H. The number of hydrogen-bond acceptors (Lipinski definition) is 4. The molecule has 0 spiro atoms. The summed E-state index contributed by atoms with van der Waals surface area (Å²) in [6.07, 6.45) is 0. The van der Waals surface area contributed by atoms with Crippen LogP contribution in [0, 0.1) is 0 Å². The molecule has 10 rings (SSSR count). The van der Waals surface area contributed by atoms with Crippen LogP contribution in [-0.4, -0.2) is 15.0 Å². The fraction of sp³-hybridized carbons (Fsp3) is 0. The van der Waals surface area contributed by atoms with Gasteiger partial charge in [0.1, 0.15) is 11.2 Å². The van der Waals surface area contributed by atoms with Gasteiger partial charge >= 0.3 is 0 Å². The van der Waals surface area contributed by atoms with Crippen molar-refractivity contribution in [1.29, 1.82) is 0 Å². The third kappa shape index (κ3) is 3.98. The zero-order chi connectivity index (χ0) is 30.9. The molecule has 0 radical (unpaired) electrons. The average molecular weight is 600 g/mol. The minimum absolute atomic E-state index is 0.611. The Morgan fingerprint density at radius 1 is 0.319 bits per heavy atom. The van der Waals surface area contributed by atoms with Crippen molar-refractivity contribution in [2.45, 2.75) is 0 Å². The van der Waals surface area contributed by atoms with Crippen LogP contribution in [0.15, 0.2) is 156 Å². The van der Waals surface area contributed by atoms with Crippen LogP contribution < -0.4 is 0 Å². The monoisotopic (exact) mass is 599 g/mol. The van der Waals surface area contributed by atoms with E-state index in [0.717, 1.165) is 44.2 Å². The van der Waals surface area contributed by atoms with E-state index in [0.29, 0.717) is 17.5 Å². The highest BCUT2D eigenvalue weighted by Crippen LogP contribution is 2.49. The van der Waals surface area contributed by atoms with Gasteiger partial charge in [0.15, 0.2) is 17.5 Å². The molecule has 0 bridgehead atoms. The first-order chi connectivity index (χ1) is 23.3. The summed E-state index contributed by atoms with van der Waals surface area (Å²) in [5, 5.41) is 4.59. The maximum absolute atomic E-state index is 6.44. The number of furan rings is 1. The van der Waals surface area contributed by atoms with E-state index in [1.54, 1.807) is 0 Å². The second kappa shape index (κ2) is 10.1. The third-order valence-corrected chi connectivity index (χ3v) is 9.29. The summed E-state index contributed by atoms with van der Waals surface area (Å²) in [5.74, 6) is 1.88. The molecule has 47 heavy (non-hydrogen) atoms. The quantitative estimate of drug-likeness (QED) is 0.202. The highest BCUT2D eigenvalue weighted by Gasteiger charge is 2.23. The molecule has 4 heteroatoms. The number of rotatable bonds is 4. The van der Waals surface area contributed by atoms with Gasteiger partial charge in [-0.15, -0.1) is 0 Å². The summed E-state index contributed by atoms with van der Waals surface area (Å²) in [4.78, 5) is 15.0. The summed E-state index contributed by atoms with van der Waals surface area (Å²) in [6.45, 7) is 0. The lowest BCUT2D eigenvalue weighted by Gasteiger charge is -2.10. The van der Waals surface area contributed by atoms with Crippen molar-refractivity contribution in [2.24, 2.45) is 0 Å². The molecule has 7 aromatic carbocycles. The predicted molar refractivity (Wildman–Crippen MR) is 191 cm³/mol. The number of hydrogen-bond donors (Lipinski definition) is 0. The Balaban J connectivity index is 1.19. The van der Waals surface area contributed by atoms with E-state index in [2.05, 4.69) is 78.9 Å². The lowest BCUT2D eigenvalue weighted by atomic mass is 9.93. The van der Waals surface area contributed by atoms with Crippen molar-refractivity contribution in [3.05, 3.63) is 152 Å². The molecule has 0 amide bonds. The molecule has 2 heterocycles. The van der Waals surface area contributed by atoms with Crippen molar-refractivity contribution in [1.82, 2.24) is 15.0 Å². The number of fused-ring (bicyclic) bond motifs is 6. The molecule has 2 aromatic heterocycles. The van der Waals surface area contributed by atoms with Crippen molar-refractivity contribution >= 4 is 32.7 Å². The van der Waals surface area contributed by atoms with Gasteiger partial charge in [0.2, 0.25) is 0 Å². The zero-order valence-corrected chi connectivity index (χ0v) is 25.2. The second-order valence-electron chi connectivity index (χ2n) is 12.0. The molecule has 218 valence electrons. The Bertz CT molecular complexity index is 2590. The van der Waals surface area contributed by atoms with E-state index in [9.17, 15) is 0 Å². The molecule has 1 aliphatic carbocycles. The van der Waals surface area contributed by atoms with Crippen LogP contribution in [0.4, 0.5) is 0 Å². The highest BCUT2D eigenvalue weighted by atomic mass is 16.3. The fourth-order valence-electron chi connectivity index (χ4n) is 7.17. The summed E-state index contributed by atoms with van der Waals surface area (Å²) < 4.78 is 6.44. The van der Waals surface area contributed by atoms with Gasteiger partial charge in [0.25, 0.3) is 0 Å². The van der Waals surface area contributed by atoms with Gasteiger partial charge in [-0.05, 0) is 62.4 Å². The first-order valence-corrected chi connectivity index (χ1v) is 15.8. The van der Waals surface area contributed by atoms with E-state index in [4.69, 9.17) is 19.4 Å². The molecule has 0 atom stereocenters. The smallest absolute Gasteiger partial charge is 0.164 e. The molecule has 0 saturated carbocycles. The predicted octanol–water partition coefficient (Wildman–Crippen LogP) is 11.2. The van der Waals surface area contributed by atoms with Crippen molar-refractivity contribution < 1.29 is 4.42 Å². The highest BCUT2D eigenvalue weighted by molar-refractivity contribution is 6.19. The first-order valence-electron chi connectivity index (χ1n) is 15.8. The Morgan fingerprint density at radius 2 is 0.894 bits per heavy atom. The van der Waals surface area contributed by atoms with E-state index in [1.807, 2.05) is 72.8 Å². The number of benzene rings is 7. The Kier molecular flexibility index (Phi) is 5.54. The van der Waals surface area contributed by atoms with Gasteiger partial charge < -0.3 is 4.42 Å². The molecular weight excluding hydrogens is 574 g/mol. The first kappa shape index (κ1) is 25.9. The summed E-state index contributed by atoms with van der Waals surface area (Å²) in [6, 6.07) is 52.7. The maximum atomic E-state index is 6.44. The number of aromatic nitrogens is 3. The lowest BCUT2D eigenvalue weighted by Crippen LogP contribution is -2.00. The normalized spacial score (nSPS) is 11.8. The van der Waals surface area contributed by atoms with E-state index in [1.165, 1.54) is 38.6 Å². The van der Waals surface area contributed by atoms with Crippen LogP contribution in [0.1, 0.15) is 0 Å². The molecular formula is C43H25N3O. The Hall–Kier alpha value is -6.39. The molecule has 0 unspecified atom stereocenters. The second-order valence-corrected chi connectivity index (χ2v) is 12.0. The van der Waals surface area contributed by atoms with Crippen molar-refractivity contribution in [3.8, 4) is 67.5 Å². The Morgan fingerprint density at radius 3 is 1.62 bits per heavy atom. The van der Waals surface area contributed by atoms with Crippen LogP contribution in [0.5, 0.6) is 0 Å². The summed E-state index contributed by atoms with van der Waals surface area (Å²) in [7, 11) is 0. The van der Waals surface area contributed by atoms with Crippen LogP contribution in [-0.2, 0) is 0 Å². The molecule has 0 fully saturated rings. The van der Waals surface area contributed by atoms with Gasteiger partial charge in [-0.25, -0.2) is 15.0 Å². The van der Waals surface area contributed by atoms with E-state index in [-0.39, 0.29) is 0 Å². The average Bonchev–Trinajstić information content (AvgIpc) is 3.69. The van der Waals surface area contributed by atoms with E-state index >= 15 is 0 Å². The van der Waals surface area contributed by atoms with Crippen molar-refractivity contribution in [3.63, 3.8) is 0 Å². The van der Waals surface area contributed by atoms with Crippen LogP contribution in [0.25, 0.3) is 100 Å². The molecule has 0 N–H and O–H groups in total. The molecule has 0 aliphatic heterocycles. The Labute approximate surface area is 270 Å². The molecule has 9 aromatic rings. The minimum Gasteiger partial charge on any atom is -0.456 e. The number of nitrogens with zero attached hydrogens (tertiary/aromatic N) is 3.